The highest BCUT2D eigenvalue weighted by Gasteiger charge is 2.51. The van der Waals surface area contributed by atoms with Crippen LogP contribution in [0.15, 0.2) is 23.1 Å². The molecule has 0 radical (unpaired) electrons. The molecule has 0 spiro atoms. The Morgan fingerprint density at radius 2 is 1.73 bits per heavy atom. The number of imide groups is 1. The molecule has 33 heavy (non-hydrogen) atoms. The molecule has 3 amide bonds. The summed E-state index contributed by atoms with van der Waals surface area (Å²) in [4.78, 5) is 51.0. The van der Waals surface area contributed by atoms with Crippen molar-refractivity contribution < 1.29 is 32.3 Å². The SMILES string of the molecule is Cc1ccc(NC(=O)COC(=O)[C@H](C)N2C(=O)C3CCCCC3C2=O)cc1S(=O)(=O)N(C)C. The molecule has 3 rings (SSSR count). The van der Waals surface area contributed by atoms with Crippen LogP contribution in [0.3, 0.4) is 0 Å². The van der Waals surface area contributed by atoms with E-state index in [0.29, 0.717) is 18.4 Å². The maximum atomic E-state index is 12.6. The number of hydrogen-bond donors (Lipinski definition) is 1. The monoisotopic (exact) mass is 479 g/mol. The molecule has 2 unspecified atom stereocenters. The first kappa shape index (κ1) is 24.8. The zero-order valence-electron chi connectivity index (χ0n) is 19.2. The lowest BCUT2D eigenvalue weighted by molar-refractivity contribution is -0.159. The molecule has 1 aromatic carbocycles. The zero-order chi connectivity index (χ0) is 24.5. The second-order valence-corrected chi connectivity index (χ2v) is 10.8. The van der Waals surface area contributed by atoms with E-state index < -0.39 is 34.5 Å². The van der Waals surface area contributed by atoms with Gasteiger partial charge in [0.05, 0.1) is 16.7 Å². The molecular weight excluding hydrogens is 450 g/mol. The van der Waals surface area contributed by atoms with E-state index >= 15 is 0 Å². The van der Waals surface area contributed by atoms with E-state index in [0.717, 1.165) is 22.0 Å². The summed E-state index contributed by atoms with van der Waals surface area (Å²) in [6, 6.07) is 3.30. The lowest BCUT2D eigenvalue weighted by Gasteiger charge is -2.21. The van der Waals surface area contributed by atoms with Crippen LogP contribution in [0.1, 0.15) is 38.2 Å². The molecule has 0 bridgehead atoms. The fraction of sp³-hybridized carbons (Fsp3) is 0.545. The highest BCUT2D eigenvalue weighted by molar-refractivity contribution is 7.89. The molecule has 2 aliphatic rings. The van der Waals surface area contributed by atoms with Crippen LogP contribution in [0.5, 0.6) is 0 Å². The van der Waals surface area contributed by atoms with Crippen LogP contribution in [0.2, 0.25) is 0 Å². The Labute approximate surface area is 193 Å². The third-order valence-electron chi connectivity index (χ3n) is 6.18. The number of sulfonamides is 1. The average molecular weight is 480 g/mol. The lowest BCUT2D eigenvalue weighted by Crippen LogP contribution is -2.45. The van der Waals surface area contributed by atoms with Gasteiger partial charge in [-0.2, -0.15) is 0 Å². The molecule has 1 aliphatic carbocycles. The van der Waals surface area contributed by atoms with E-state index in [1.807, 2.05) is 0 Å². The summed E-state index contributed by atoms with van der Waals surface area (Å²) in [5.74, 6) is -3.00. The Bertz CT molecular complexity index is 1060. The van der Waals surface area contributed by atoms with Crippen LogP contribution >= 0.6 is 0 Å². The number of ether oxygens (including phenoxy) is 1. The Balaban J connectivity index is 1.60. The van der Waals surface area contributed by atoms with E-state index in [-0.39, 0.29) is 34.2 Å². The Hall–Kier alpha value is -2.79. The Morgan fingerprint density at radius 1 is 1.15 bits per heavy atom. The van der Waals surface area contributed by atoms with Gasteiger partial charge < -0.3 is 10.1 Å². The van der Waals surface area contributed by atoms with Gasteiger partial charge in [0.2, 0.25) is 21.8 Å². The number of amides is 3. The molecule has 1 N–H and O–H groups in total. The van der Waals surface area contributed by atoms with E-state index in [2.05, 4.69) is 5.32 Å². The van der Waals surface area contributed by atoms with Crippen molar-refractivity contribution in [1.82, 2.24) is 9.21 Å². The van der Waals surface area contributed by atoms with Crippen LogP contribution in [0.4, 0.5) is 5.69 Å². The van der Waals surface area contributed by atoms with Crippen molar-refractivity contribution in [3.8, 4) is 0 Å². The first-order valence-corrected chi connectivity index (χ1v) is 12.3. The number of benzene rings is 1. The van der Waals surface area contributed by atoms with Gasteiger partial charge in [-0.25, -0.2) is 17.5 Å². The number of rotatable bonds is 7. The maximum absolute atomic E-state index is 12.6. The first-order chi connectivity index (χ1) is 15.4. The van der Waals surface area contributed by atoms with Crippen molar-refractivity contribution in [3.05, 3.63) is 23.8 Å². The molecule has 1 aromatic rings. The predicted octanol–water partition coefficient (Wildman–Crippen LogP) is 1.29. The summed E-state index contributed by atoms with van der Waals surface area (Å²) < 4.78 is 31.0. The van der Waals surface area contributed by atoms with Gasteiger partial charge in [0.1, 0.15) is 6.04 Å². The minimum atomic E-state index is -3.70. The summed E-state index contributed by atoms with van der Waals surface area (Å²) in [6.45, 7) is 2.41. The highest BCUT2D eigenvalue weighted by Crippen LogP contribution is 2.38. The van der Waals surface area contributed by atoms with E-state index in [9.17, 15) is 27.6 Å². The molecule has 1 saturated carbocycles. The number of aryl methyl sites for hydroxylation is 1. The van der Waals surface area contributed by atoms with Gasteiger partial charge in [0.15, 0.2) is 6.61 Å². The van der Waals surface area contributed by atoms with Gasteiger partial charge in [-0.05, 0) is 44.4 Å². The predicted molar refractivity (Wildman–Crippen MR) is 118 cm³/mol. The maximum Gasteiger partial charge on any atom is 0.329 e. The van der Waals surface area contributed by atoms with Crippen molar-refractivity contribution in [2.75, 3.05) is 26.0 Å². The molecule has 2 fully saturated rings. The van der Waals surface area contributed by atoms with Gasteiger partial charge in [0.25, 0.3) is 5.91 Å². The lowest BCUT2D eigenvalue weighted by atomic mass is 9.81. The number of carbonyl (C=O) groups excluding carboxylic acids is 4. The summed E-state index contributed by atoms with van der Waals surface area (Å²) in [5, 5.41) is 2.50. The molecule has 1 saturated heterocycles. The smallest absolute Gasteiger partial charge is 0.329 e. The quantitative estimate of drug-likeness (QED) is 0.461. The largest absolute Gasteiger partial charge is 0.454 e. The summed E-state index contributed by atoms with van der Waals surface area (Å²) in [6.07, 6.45) is 3.03. The molecule has 10 nitrogen and oxygen atoms in total. The minimum Gasteiger partial charge on any atom is -0.454 e. The molecular formula is C22H29N3O7S. The summed E-state index contributed by atoms with van der Waals surface area (Å²) in [5.41, 5.74) is 0.742. The molecule has 180 valence electrons. The Morgan fingerprint density at radius 3 is 2.27 bits per heavy atom. The number of fused-ring (bicyclic) bond motifs is 1. The topological polar surface area (TPSA) is 130 Å². The molecule has 0 aromatic heterocycles. The van der Waals surface area contributed by atoms with Crippen LogP contribution in [-0.4, -0.2) is 68.1 Å². The zero-order valence-corrected chi connectivity index (χ0v) is 20.0. The molecule has 3 atom stereocenters. The summed E-state index contributed by atoms with van der Waals surface area (Å²) >= 11 is 0. The number of esters is 1. The number of anilines is 1. The van der Waals surface area contributed by atoms with Crippen molar-refractivity contribution in [1.29, 1.82) is 0 Å². The fourth-order valence-corrected chi connectivity index (χ4v) is 5.43. The van der Waals surface area contributed by atoms with Gasteiger partial charge in [0, 0.05) is 19.8 Å². The van der Waals surface area contributed by atoms with Crippen molar-refractivity contribution >= 4 is 39.4 Å². The third kappa shape index (κ3) is 4.93. The third-order valence-corrected chi connectivity index (χ3v) is 8.14. The van der Waals surface area contributed by atoms with E-state index in [1.165, 1.54) is 33.2 Å². The van der Waals surface area contributed by atoms with Gasteiger partial charge in [-0.3, -0.25) is 19.3 Å². The second-order valence-electron chi connectivity index (χ2n) is 8.64. The number of nitrogens with zero attached hydrogens (tertiary/aromatic N) is 2. The molecule has 11 heteroatoms. The number of carbonyl (C=O) groups is 4. The van der Waals surface area contributed by atoms with Gasteiger partial charge in [-0.15, -0.1) is 0 Å². The van der Waals surface area contributed by atoms with Crippen LogP contribution < -0.4 is 5.32 Å². The van der Waals surface area contributed by atoms with Crippen molar-refractivity contribution in [3.63, 3.8) is 0 Å². The number of hydrogen-bond acceptors (Lipinski definition) is 7. The first-order valence-electron chi connectivity index (χ1n) is 10.8. The van der Waals surface area contributed by atoms with Gasteiger partial charge >= 0.3 is 5.97 Å². The van der Waals surface area contributed by atoms with Crippen molar-refractivity contribution in [2.24, 2.45) is 11.8 Å². The number of likely N-dealkylation sites (tertiary alicyclic amines) is 1. The van der Waals surface area contributed by atoms with Crippen LogP contribution in [0, 0.1) is 18.8 Å². The molecule has 1 heterocycles. The van der Waals surface area contributed by atoms with Crippen LogP contribution in [-0.2, 0) is 33.9 Å². The van der Waals surface area contributed by atoms with Crippen molar-refractivity contribution in [2.45, 2.75) is 50.5 Å². The second kappa shape index (κ2) is 9.60. The normalized spacial score (nSPS) is 21.7. The van der Waals surface area contributed by atoms with E-state index in [1.54, 1.807) is 13.0 Å². The minimum absolute atomic E-state index is 0.0449. The van der Waals surface area contributed by atoms with Crippen LogP contribution in [0.25, 0.3) is 0 Å². The summed E-state index contributed by atoms with van der Waals surface area (Å²) in [7, 11) is -0.888. The van der Waals surface area contributed by atoms with Gasteiger partial charge in [-0.1, -0.05) is 18.9 Å². The van der Waals surface area contributed by atoms with E-state index in [4.69, 9.17) is 4.74 Å². The highest BCUT2D eigenvalue weighted by atomic mass is 32.2. The standard InChI is InChI=1S/C22H29N3O7S/c1-13-9-10-15(11-18(13)33(30,31)24(3)4)23-19(26)12-32-22(29)14(2)25-20(27)16-7-5-6-8-17(16)21(25)28/h9-11,14,16-17H,5-8,12H2,1-4H3,(H,23,26)/t14-,16?,17?/m0/s1. The molecule has 1 aliphatic heterocycles. The fourth-order valence-electron chi connectivity index (χ4n) is 4.28. The Kier molecular flexibility index (Phi) is 7.23. The average Bonchev–Trinajstić information content (AvgIpc) is 3.03. The number of nitrogens with one attached hydrogen (secondary N) is 1.